The summed E-state index contributed by atoms with van der Waals surface area (Å²) >= 11 is 7.91. The average molecular weight is 428 g/mol. The summed E-state index contributed by atoms with van der Waals surface area (Å²) < 4.78 is 9.65. The van der Waals surface area contributed by atoms with Gasteiger partial charge in [0.15, 0.2) is 0 Å². The Morgan fingerprint density at radius 1 is 0.941 bits per heavy atom. The van der Waals surface area contributed by atoms with E-state index in [-0.39, 0.29) is 4.06 Å². The molecule has 1 nitrogen and oxygen atoms in total. The third-order valence-electron chi connectivity index (χ3n) is 2.61. The van der Waals surface area contributed by atoms with Crippen molar-refractivity contribution in [2.45, 2.75) is 27.7 Å². The maximum absolute atomic E-state index is 11.3. The van der Waals surface area contributed by atoms with E-state index in [1.54, 1.807) is 3.37 Å². The Balaban J connectivity index is 1.63. The summed E-state index contributed by atoms with van der Waals surface area (Å²) in [6.45, 7) is 0. The van der Waals surface area contributed by atoms with E-state index in [1.807, 2.05) is 32.5 Å². The van der Waals surface area contributed by atoms with Crippen LogP contribution in [0.25, 0.3) is 0 Å². The second-order valence-corrected chi connectivity index (χ2v) is 14.7. The summed E-state index contributed by atoms with van der Waals surface area (Å²) in [5, 5.41) is 0. The first-order valence-corrected chi connectivity index (χ1v) is 11.8. The van der Waals surface area contributed by atoms with E-state index in [0.717, 1.165) is 0 Å². The topological polar surface area (TPSA) is 17.1 Å². The normalized spacial score (nSPS) is 22.6. The van der Waals surface area contributed by atoms with Gasteiger partial charge in [0.2, 0.25) is 0 Å². The Hall–Kier alpha value is 1.07. The van der Waals surface area contributed by atoms with Crippen LogP contribution in [0.2, 0.25) is 0 Å². The fourth-order valence-corrected chi connectivity index (χ4v) is 16.1. The first kappa shape index (κ1) is 11.9. The van der Waals surface area contributed by atoms with Crippen LogP contribution in [0.5, 0.6) is 0 Å². The Morgan fingerprint density at radius 3 is 2.12 bits per heavy atom. The Bertz CT molecular complexity index is 578. The number of allylic oxidation sites excluding steroid dienone is 2. The molecule has 0 spiro atoms. The SMILES string of the molecule is O=c1sc2c(s1)SC(=C1[Se]C3=C(CCC3)[Se]1)S2. The maximum atomic E-state index is 11.3. The molecule has 0 unspecified atom stereocenters. The zero-order chi connectivity index (χ0) is 11.4. The molecule has 0 N–H and O–H groups in total. The monoisotopic (exact) mass is 430 g/mol. The number of rotatable bonds is 0. The molecule has 4 rings (SSSR count). The number of hydrogen-bond acceptors (Lipinski definition) is 5. The molecule has 3 aliphatic rings. The van der Waals surface area contributed by atoms with Gasteiger partial charge in [-0.25, -0.2) is 0 Å². The van der Waals surface area contributed by atoms with Gasteiger partial charge in [-0.2, -0.15) is 0 Å². The number of fused-ring (bicyclic) bond motifs is 1. The van der Waals surface area contributed by atoms with Crippen molar-refractivity contribution >= 4 is 76.1 Å². The first-order chi connectivity index (χ1) is 8.29. The Morgan fingerprint density at radius 2 is 1.53 bits per heavy atom. The van der Waals surface area contributed by atoms with E-state index in [9.17, 15) is 4.79 Å². The van der Waals surface area contributed by atoms with Crippen LogP contribution in [0.1, 0.15) is 19.3 Å². The molecule has 1 aliphatic carbocycles. The molecule has 1 aromatic rings. The van der Waals surface area contributed by atoms with E-state index in [0.29, 0.717) is 29.9 Å². The van der Waals surface area contributed by atoms with Gasteiger partial charge < -0.3 is 0 Å². The fraction of sp³-hybridized carbons (Fsp3) is 0.300. The van der Waals surface area contributed by atoms with Crippen LogP contribution >= 0.6 is 46.2 Å². The van der Waals surface area contributed by atoms with Crippen molar-refractivity contribution in [3.8, 4) is 0 Å². The second-order valence-electron chi connectivity index (χ2n) is 3.71. The molecule has 3 heterocycles. The molecule has 17 heavy (non-hydrogen) atoms. The van der Waals surface area contributed by atoms with Crippen LogP contribution in [-0.4, -0.2) is 29.9 Å². The van der Waals surface area contributed by atoms with Crippen molar-refractivity contribution in [1.82, 2.24) is 0 Å². The number of thioether (sulfide) groups is 2. The van der Waals surface area contributed by atoms with Gasteiger partial charge in [-0.1, -0.05) is 0 Å². The predicted molar refractivity (Wildman–Crippen MR) is 79.6 cm³/mol. The molecule has 0 saturated carbocycles. The quantitative estimate of drug-likeness (QED) is 0.591. The zero-order valence-corrected chi connectivity index (χ0v) is 15.2. The van der Waals surface area contributed by atoms with Crippen molar-refractivity contribution in [2.24, 2.45) is 0 Å². The summed E-state index contributed by atoms with van der Waals surface area (Å²) in [6.07, 6.45) is 4.16. The minimum atomic E-state index is 0.252. The van der Waals surface area contributed by atoms with Gasteiger partial charge >= 0.3 is 129 Å². The molecule has 2 aliphatic heterocycles. The van der Waals surface area contributed by atoms with Crippen molar-refractivity contribution in [3.05, 3.63) is 25.4 Å². The summed E-state index contributed by atoms with van der Waals surface area (Å²) in [4.78, 5) is 11.3. The summed E-state index contributed by atoms with van der Waals surface area (Å²) in [5.74, 6) is 0. The van der Waals surface area contributed by atoms with Crippen molar-refractivity contribution in [3.63, 3.8) is 0 Å². The van der Waals surface area contributed by atoms with Crippen LogP contribution in [0.15, 0.2) is 29.8 Å². The molecule has 1 aromatic heterocycles. The molecule has 0 saturated heterocycles. The van der Waals surface area contributed by atoms with E-state index >= 15 is 0 Å². The molecule has 0 atom stereocenters. The van der Waals surface area contributed by atoms with Gasteiger partial charge in [0.25, 0.3) is 0 Å². The average Bonchev–Trinajstić information content (AvgIpc) is 2.90. The molecule has 0 radical (unpaired) electrons. The summed E-state index contributed by atoms with van der Waals surface area (Å²) in [7, 11) is 0. The van der Waals surface area contributed by atoms with Gasteiger partial charge in [-0.3, -0.25) is 0 Å². The van der Waals surface area contributed by atoms with E-state index in [2.05, 4.69) is 0 Å². The fourth-order valence-electron chi connectivity index (χ4n) is 1.89. The van der Waals surface area contributed by atoms with Gasteiger partial charge in [-0.15, -0.1) is 0 Å². The van der Waals surface area contributed by atoms with E-state index < -0.39 is 0 Å². The first-order valence-electron chi connectivity index (χ1n) is 5.11. The van der Waals surface area contributed by atoms with Gasteiger partial charge in [0.1, 0.15) is 0 Å². The van der Waals surface area contributed by atoms with Crippen molar-refractivity contribution in [1.29, 1.82) is 0 Å². The molecular weight excluding hydrogens is 422 g/mol. The molecule has 7 heteroatoms. The van der Waals surface area contributed by atoms with Crippen LogP contribution in [0, 0.1) is 0 Å². The van der Waals surface area contributed by atoms with Gasteiger partial charge in [0.05, 0.1) is 0 Å². The number of hydrogen-bond donors (Lipinski definition) is 0. The standard InChI is InChI=1S/C10H6OS4Se2/c11-10-14-6-7(15-10)13-8(12-6)9-16-4-2-1-3-5(4)17-9/h1-3H2. The molecule has 0 amide bonds. The van der Waals surface area contributed by atoms with E-state index in [4.69, 9.17) is 0 Å². The van der Waals surface area contributed by atoms with Crippen molar-refractivity contribution in [2.75, 3.05) is 0 Å². The molecule has 0 aromatic carbocycles. The molecular formula is C10H6OS4Se2. The minimum absolute atomic E-state index is 0.252. The van der Waals surface area contributed by atoms with Crippen molar-refractivity contribution < 1.29 is 0 Å². The third-order valence-corrected chi connectivity index (χ3v) is 16.0. The van der Waals surface area contributed by atoms with Gasteiger partial charge in [-0.05, 0) is 0 Å². The summed E-state index contributed by atoms with van der Waals surface area (Å²) in [6, 6.07) is 0. The second kappa shape index (κ2) is 4.57. The van der Waals surface area contributed by atoms with E-state index in [1.165, 1.54) is 54.6 Å². The van der Waals surface area contributed by atoms with Crippen LogP contribution in [0.3, 0.4) is 0 Å². The van der Waals surface area contributed by atoms with Gasteiger partial charge in [0, 0.05) is 0 Å². The van der Waals surface area contributed by atoms with Crippen LogP contribution in [0.4, 0.5) is 0 Å². The van der Waals surface area contributed by atoms with Crippen LogP contribution in [-0.2, 0) is 0 Å². The molecule has 88 valence electrons. The molecule has 0 fully saturated rings. The summed E-state index contributed by atoms with van der Waals surface area (Å²) in [5.41, 5.74) is 0. The third kappa shape index (κ3) is 2.09. The zero-order valence-electron chi connectivity index (χ0n) is 8.48. The molecule has 0 bridgehead atoms. The predicted octanol–water partition coefficient (Wildman–Crippen LogP) is 3.31. The van der Waals surface area contributed by atoms with Crippen LogP contribution < -0.4 is 4.06 Å². The Kier molecular flexibility index (Phi) is 3.19. The Labute approximate surface area is 128 Å².